The van der Waals surface area contributed by atoms with E-state index in [0.717, 1.165) is 12.5 Å². The highest BCUT2D eigenvalue weighted by molar-refractivity contribution is 6.01. The van der Waals surface area contributed by atoms with Crippen molar-refractivity contribution < 1.29 is 38.1 Å². The van der Waals surface area contributed by atoms with E-state index < -0.39 is 76.8 Å². The molecule has 0 aromatic rings. The van der Waals surface area contributed by atoms with Gasteiger partial charge >= 0.3 is 0 Å². The van der Waals surface area contributed by atoms with Crippen LogP contribution in [0, 0.1) is 22.7 Å². The van der Waals surface area contributed by atoms with Gasteiger partial charge in [-0.05, 0) is 56.3 Å². The molecule has 4 aliphatic carbocycles. The van der Waals surface area contributed by atoms with Crippen molar-refractivity contribution in [2.75, 3.05) is 6.61 Å². The second-order valence-electron chi connectivity index (χ2n) is 10.9. The monoisotopic (exact) mass is 466 g/mol. The van der Waals surface area contributed by atoms with Gasteiger partial charge in [0.1, 0.15) is 12.8 Å². The van der Waals surface area contributed by atoms with E-state index in [0.29, 0.717) is 6.42 Å². The first-order valence-corrected chi connectivity index (χ1v) is 11.9. The van der Waals surface area contributed by atoms with Crippen LogP contribution in [0.15, 0.2) is 23.8 Å². The van der Waals surface area contributed by atoms with Crippen LogP contribution in [0.4, 0.5) is 8.78 Å². The topological polar surface area (TPSA) is 93.1 Å². The van der Waals surface area contributed by atoms with E-state index in [1.807, 2.05) is 6.92 Å². The molecule has 1 saturated heterocycles. The Bertz CT molecular complexity index is 949. The standard InChI is InChI=1S/C25H32F2O6/c1-4-5-21-32-20-10-14-15-9-17(26)16-8-13(29)6-7-22(16,2)24(15,27)18(30)11-23(14,3)25(20,33-21)19(31)12-28/h6-8,14-15,17-18,20-21,28,30H,4-5,9-12H2,1-3H3/t14-,15-,17-,18?,20+,21?,22-,23-,24-,25+/m0/s1. The summed E-state index contributed by atoms with van der Waals surface area (Å²) in [7, 11) is 0. The van der Waals surface area contributed by atoms with Crippen LogP contribution in [-0.2, 0) is 19.1 Å². The van der Waals surface area contributed by atoms with Gasteiger partial charge in [0.2, 0.25) is 0 Å². The molecule has 3 saturated carbocycles. The molecule has 182 valence electrons. The lowest BCUT2D eigenvalue weighted by atomic mass is 9.44. The van der Waals surface area contributed by atoms with E-state index in [1.165, 1.54) is 12.2 Å². The molecule has 10 atom stereocenters. The Labute approximate surface area is 192 Å². The number of rotatable bonds is 4. The van der Waals surface area contributed by atoms with Crippen molar-refractivity contribution in [1.82, 2.24) is 0 Å². The lowest BCUT2D eigenvalue weighted by Gasteiger charge is -2.63. The van der Waals surface area contributed by atoms with Gasteiger partial charge in [-0.3, -0.25) is 9.59 Å². The molecule has 6 nitrogen and oxygen atoms in total. The van der Waals surface area contributed by atoms with E-state index in [1.54, 1.807) is 13.8 Å². The first kappa shape index (κ1) is 23.3. The summed E-state index contributed by atoms with van der Waals surface area (Å²) in [5.74, 6) is -2.38. The molecular weight excluding hydrogens is 434 g/mol. The number of halogens is 2. The summed E-state index contributed by atoms with van der Waals surface area (Å²) in [6.45, 7) is 4.53. The van der Waals surface area contributed by atoms with E-state index in [-0.39, 0.29) is 24.8 Å². The lowest BCUT2D eigenvalue weighted by molar-refractivity contribution is -0.234. The zero-order chi connectivity index (χ0) is 24.0. The maximum absolute atomic E-state index is 17.2. The van der Waals surface area contributed by atoms with E-state index >= 15 is 8.78 Å². The molecule has 4 fully saturated rings. The van der Waals surface area contributed by atoms with Crippen LogP contribution in [-0.4, -0.2) is 64.3 Å². The third-order valence-corrected chi connectivity index (χ3v) is 9.50. The number of aliphatic hydroxyl groups excluding tert-OH is 2. The number of hydrogen-bond donors (Lipinski definition) is 2. The number of alkyl halides is 2. The fraction of sp³-hybridized carbons (Fsp3) is 0.760. The van der Waals surface area contributed by atoms with Gasteiger partial charge in [-0.15, -0.1) is 0 Å². The molecule has 5 aliphatic rings. The summed E-state index contributed by atoms with van der Waals surface area (Å²) in [4.78, 5) is 25.1. The van der Waals surface area contributed by atoms with Gasteiger partial charge in [0, 0.05) is 16.7 Å². The molecule has 0 aromatic heterocycles. The van der Waals surface area contributed by atoms with Gasteiger partial charge in [-0.25, -0.2) is 8.78 Å². The molecule has 0 aromatic carbocycles. The van der Waals surface area contributed by atoms with E-state index in [2.05, 4.69) is 0 Å². The molecule has 0 spiro atoms. The molecule has 0 bridgehead atoms. The van der Waals surface area contributed by atoms with Crippen LogP contribution in [0.1, 0.15) is 52.9 Å². The second-order valence-corrected chi connectivity index (χ2v) is 10.9. The number of carbonyl (C=O) groups excluding carboxylic acids is 2. The minimum atomic E-state index is -2.23. The summed E-state index contributed by atoms with van der Waals surface area (Å²) in [6, 6.07) is 0. The van der Waals surface area contributed by atoms with Gasteiger partial charge in [-0.1, -0.05) is 26.3 Å². The van der Waals surface area contributed by atoms with Crippen LogP contribution in [0.5, 0.6) is 0 Å². The largest absolute Gasteiger partial charge is 0.390 e. The highest BCUT2D eigenvalue weighted by Crippen LogP contribution is 2.72. The van der Waals surface area contributed by atoms with Gasteiger partial charge in [0.05, 0.1) is 12.2 Å². The number of allylic oxidation sites excluding steroid dienone is 4. The van der Waals surface area contributed by atoms with Crippen LogP contribution < -0.4 is 0 Å². The van der Waals surface area contributed by atoms with Crippen molar-refractivity contribution in [2.24, 2.45) is 22.7 Å². The van der Waals surface area contributed by atoms with Gasteiger partial charge in [0.15, 0.2) is 29.1 Å². The van der Waals surface area contributed by atoms with Crippen molar-refractivity contribution in [2.45, 2.75) is 88.8 Å². The number of ether oxygens (including phenoxy) is 2. The number of aliphatic hydroxyl groups is 2. The molecule has 1 aliphatic heterocycles. The average Bonchev–Trinajstić information content (AvgIpc) is 3.24. The van der Waals surface area contributed by atoms with E-state index in [4.69, 9.17) is 9.47 Å². The number of Topliss-reactive ketones (excluding diaryl/α,β-unsaturated/α-hetero) is 1. The van der Waals surface area contributed by atoms with Crippen molar-refractivity contribution in [3.63, 3.8) is 0 Å². The minimum absolute atomic E-state index is 0.0613. The fourth-order valence-electron chi connectivity index (χ4n) is 8.00. The van der Waals surface area contributed by atoms with Gasteiger partial charge < -0.3 is 19.7 Å². The molecule has 0 amide bonds. The number of hydrogen-bond acceptors (Lipinski definition) is 6. The van der Waals surface area contributed by atoms with E-state index in [9.17, 15) is 19.8 Å². The van der Waals surface area contributed by atoms with Crippen LogP contribution in [0.3, 0.4) is 0 Å². The Morgan fingerprint density at radius 2 is 2.00 bits per heavy atom. The maximum atomic E-state index is 17.2. The Morgan fingerprint density at radius 1 is 1.27 bits per heavy atom. The smallest absolute Gasteiger partial charge is 0.193 e. The Morgan fingerprint density at radius 3 is 2.67 bits per heavy atom. The first-order chi connectivity index (χ1) is 15.5. The fourth-order valence-corrected chi connectivity index (χ4v) is 8.00. The highest BCUT2D eigenvalue weighted by atomic mass is 19.1. The zero-order valence-corrected chi connectivity index (χ0v) is 19.2. The summed E-state index contributed by atoms with van der Waals surface area (Å²) in [5.41, 5.74) is -6.22. The molecular formula is C25H32F2O6. The molecule has 8 heteroatoms. The minimum Gasteiger partial charge on any atom is -0.390 e. The SMILES string of the molecule is CCCC1O[C@@H]2C[C@H]3[C@@H]4C[C@H](F)C5=CC(=O)C=C[C@]5(C)[C@@]4(F)C(O)C[C@]3(C)[C@]2(C(=O)CO)O1. The molecule has 33 heavy (non-hydrogen) atoms. The van der Waals surface area contributed by atoms with Crippen molar-refractivity contribution in [1.29, 1.82) is 0 Å². The number of ketones is 2. The Hall–Kier alpha value is -1.48. The van der Waals surface area contributed by atoms with Crippen molar-refractivity contribution in [3.8, 4) is 0 Å². The summed E-state index contributed by atoms with van der Waals surface area (Å²) < 4.78 is 45.0. The predicted molar refractivity (Wildman–Crippen MR) is 113 cm³/mol. The third kappa shape index (κ3) is 2.61. The zero-order valence-electron chi connectivity index (χ0n) is 19.2. The Kier molecular flexibility index (Phi) is 5.12. The predicted octanol–water partition coefficient (Wildman–Crippen LogP) is 2.76. The average molecular weight is 467 g/mol. The summed E-state index contributed by atoms with van der Waals surface area (Å²) in [6.07, 6.45) is 0.682. The second kappa shape index (κ2) is 7.26. The number of fused-ring (bicyclic) bond motifs is 7. The summed E-state index contributed by atoms with van der Waals surface area (Å²) in [5, 5.41) is 21.2. The molecule has 2 unspecified atom stereocenters. The third-order valence-electron chi connectivity index (χ3n) is 9.50. The van der Waals surface area contributed by atoms with Crippen molar-refractivity contribution >= 4 is 11.6 Å². The molecule has 0 radical (unpaired) electrons. The molecule has 1 heterocycles. The number of carbonyl (C=O) groups is 2. The molecule has 5 rings (SSSR count). The van der Waals surface area contributed by atoms with Gasteiger partial charge in [0.25, 0.3) is 0 Å². The van der Waals surface area contributed by atoms with Crippen LogP contribution in [0.2, 0.25) is 0 Å². The molecule has 2 N–H and O–H groups in total. The van der Waals surface area contributed by atoms with Crippen LogP contribution in [0.25, 0.3) is 0 Å². The normalized spacial score (nSPS) is 52.6. The summed E-state index contributed by atoms with van der Waals surface area (Å²) >= 11 is 0. The Balaban J connectivity index is 1.62. The first-order valence-electron chi connectivity index (χ1n) is 11.9. The highest BCUT2D eigenvalue weighted by Gasteiger charge is 2.79. The quantitative estimate of drug-likeness (QED) is 0.662. The van der Waals surface area contributed by atoms with Gasteiger partial charge in [-0.2, -0.15) is 0 Å². The van der Waals surface area contributed by atoms with Crippen molar-refractivity contribution in [3.05, 3.63) is 23.8 Å². The lowest BCUT2D eigenvalue weighted by Crippen LogP contribution is -2.70. The maximum Gasteiger partial charge on any atom is 0.193 e. The van der Waals surface area contributed by atoms with Crippen LogP contribution >= 0.6 is 0 Å².